The Morgan fingerprint density at radius 1 is 1.31 bits per heavy atom. The Hall–Kier alpha value is -2.58. The SMILES string of the molecule is CC(c1ccc2c(c1)OCC2)N1CCN(c2cc(C(=O)N(C)CCO)[nH]n2)CC1. The minimum atomic E-state index is -0.163. The number of nitrogens with one attached hydrogen (secondary N) is 1. The first-order valence-electron chi connectivity index (χ1n) is 10.2. The second-order valence-electron chi connectivity index (χ2n) is 7.75. The van der Waals surface area contributed by atoms with E-state index in [9.17, 15) is 4.79 Å². The zero-order chi connectivity index (χ0) is 20.4. The first-order valence-corrected chi connectivity index (χ1v) is 10.2. The Morgan fingerprint density at radius 2 is 2.10 bits per heavy atom. The molecule has 29 heavy (non-hydrogen) atoms. The number of hydrogen-bond acceptors (Lipinski definition) is 6. The molecule has 1 atom stereocenters. The normalized spacial score (nSPS) is 17.7. The molecule has 156 valence electrons. The van der Waals surface area contributed by atoms with Crippen LogP contribution in [0, 0.1) is 0 Å². The van der Waals surface area contributed by atoms with Crippen molar-refractivity contribution in [1.29, 1.82) is 0 Å². The standard InChI is InChI=1S/C21H29N5O3/c1-15(17-4-3-16-5-12-29-19(16)13-17)25-6-8-26(9-7-25)20-14-18(22-23-20)21(28)24(2)10-11-27/h3-4,13-15,27H,5-12H2,1-2H3,(H,22,23). The maximum absolute atomic E-state index is 12.3. The first kappa shape index (κ1) is 19.7. The molecule has 2 aliphatic rings. The predicted molar refractivity (Wildman–Crippen MR) is 110 cm³/mol. The molecule has 1 saturated heterocycles. The van der Waals surface area contributed by atoms with Gasteiger partial charge in [-0.1, -0.05) is 12.1 Å². The van der Waals surface area contributed by atoms with Gasteiger partial charge in [0.2, 0.25) is 0 Å². The molecular weight excluding hydrogens is 370 g/mol. The quantitative estimate of drug-likeness (QED) is 0.762. The fourth-order valence-corrected chi connectivity index (χ4v) is 4.03. The van der Waals surface area contributed by atoms with Crippen LogP contribution in [0.4, 0.5) is 5.82 Å². The molecule has 4 rings (SSSR count). The van der Waals surface area contributed by atoms with E-state index in [0.717, 1.165) is 50.8 Å². The van der Waals surface area contributed by atoms with Gasteiger partial charge in [0.15, 0.2) is 5.82 Å². The van der Waals surface area contributed by atoms with Gasteiger partial charge in [-0.25, -0.2) is 0 Å². The van der Waals surface area contributed by atoms with Gasteiger partial charge in [-0.05, 0) is 24.1 Å². The number of likely N-dealkylation sites (N-methyl/N-ethyl adjacent to an activating group) is 1. The fourth-order valence-electron chi connectivity index (χ4n) is 4.03. The van der Waals surface area contributed by atoms with E-state index in [1.54, 1.807) is 13.1 Å². The van der Waals surface area contributed by atoms with Crippen LogP contribution in [0.5, 0.6) is 5.75 Å². The monoisotopic (exact) mass is 399 g/mol. The number of rotatable bonds is 6. The number of aromatic amines is 1. The zero-order valence-electron chi connectivity index (χ0n) is 17.1. The lowest BCUT2D eigenvalue weighted by Gasteiger charge is -2.38. The number of carbonyl (C=O) groups is 1. The second-order valence-corrected chi connectivity index (χ2v) is 7.75. The molecule has 0 spiro atoms. The van der Waals surface area contributed by atoms with Crippen LogP contribution in [0.25, 0.3) is 0 Å². The van der Waals surface area contributed by atoms with Crippen molar-refractivity contribution in [3.05, 3.63) is 41.1 Å². The lowest BCUT2D eigenvalue weighted by Crippen LogP contribution is -2.47. The number of anilines is 1. The van der Waals surface area contributed by atoms with Crippen LogP contribution >= 0.6 is 0 Å². The van der Waals surface area contributed by atoms with Crippen molar-refractivity contribution in [3.63, 3.8) is 0 Å². The van der Waals surface area contributed by atoms with Gasteiger partial charge in [-0.2, -0.15) is 5.10 Å². The summed E-state index contributed by atoms with van der Waals surface area (Å²) in [5, 5.41) is 16.2. The van der Waals surface area contributed by atoms with E-state index in [2.05, 4.69) is 45.1 Å². The van der Waals surface area contributed by atoms with Crippen molar-refractivity contribution in [2.24, 2.45) is 0 Å². The van der Waals surface area contributed by atoms with Crippen molar-refractivity contribution in [3.8, 4) is 5.75 Å². The molecule has 0 aliphatic carbocycles. The molecule has 0 saturated carbocycles. The summed E-state index contributed by atoms with van der Waals surface area (Å²) in [5.41, 5.74) is 3.04. The number of aromatic nitrogens is 2. The summed E-state index contributed by atoms with van der Waals surface area (Å²) in [5.74, 6) is 1.67. The maximum Gasteiger partial charge on any atom is 0.271 e. The summed E-state index contributed by atoms with van der Waals surface area (Å²) >= 11 is 0. The summed E-state index contributed by atoms with van der Waals surface area (Å²) in [7, 11) is 1.67. The molecule has 1 unspecified atom stereocenters. The van der Waals surface area contributed by atoms with Crippen LogP contribution in [0.2, 0.25) is 0 Å². The summed E-state index contributed by atoms with van der Waals surface area (Å²) in [4.78, 5) is 18.5. The lowest BCUT2D eigenvalue weighted by molar-refractivity contribution is 0.0761. The number of hydrogen-bond donors (Lipinski definition) is 2. The van der Waals surface area contributed by atoms with Crippen LogP contribution in [0.1, 0.15) is 34.6 Å². The zero-order valence-corrected chi connectivity index (χ0v) is 17.1. The van der Waals surface area contributed by atoms with E-state index in [-0.39, 0.29) is 12.5 Å². The molecule has 8 nitrogen and oxygen atoms in total. The molecule has 1 amide bonds. The van der Waals surface area contributed by atoms with Gasteiger partial charge in [0.1, 0.15) is 11.4 Å². The van der Waals surface area contributed by atoms with Crippen LogP contribution in [-0.2, 0) is 6.42 Å². The van der Waals surface area contributed by atoms with Crippen LogP contribution < -0.4 is 9.64 Å². The van der Waals surface area contributed by atoms with Crippen molar-refractivity contribution < 1.29 is 14.6 Å². The molecule has 0 radical (unpaired) electrons. The molecule has 0 bridgehead atoms. The number of piperazine rings is 1. The largest absolute Gasteiger partial charge is 0.493 e. The van der Waals surface area contributed by atoms with Gasteiger partial charge in [0.25, 0.3) is 5.91 Å². The summed E-state index contributed by atoms with van der Waals surface area (Å²) < 4.78 is 5.72. The highest BCUT2D eigenvalue weighted by Crippen LogP contribution is 2.31. The molecule has 1 fully saturated rings. The smallest absolute Gasteiger partial charge is 0.271 e. The van der Waals surface area contributed by atoms with E-state index in [1.807, 2.05) is 0 Å². The molecule has 8 heteroatoms. The third-order valence-corrected chi connectivity index (χ3v) is 5.97. The Morgan fingerprint density at radius 3 is 2.86 bits per heavy atom. The number of amides is 1. The number of carbonyl (C=O) groups excluding carboxylic acids is 1. The van der Waals surface area contributed by atoms with Crippen molar-refractivity contribution >= 4 is 11.7 Å². The average molecular weight is 399 g/mol. The summed E-state index contributed by atoms with van der Waals surface area (Å²) in [6, 6.07) is 8.73. The molecule has 2 aromatic rings. The average Bonchev–Trinajstić information content (AvgIpc) is 3.42. The van der Waals surface area contributed by atoms with Gasteiger partial charge in [-0.15, -0.1) is 0 Å². The van der Waals surface area contributed by atoms with Gasteiger partial charge in [0.05, 0.1) is 13.2 Å². The Bertz CT molecular complexity index is 860. The molecular formula is C21H29N5O3. The van der Waals surface area contributed by atoms with E-state index in [1.165, 1.54) is 16.0 Å². The Labute approximate surface area is 171 Å². The number of benzene rings is 1. The van der Waals surface area contributed by atoms with E-state index < -0.39 is 0 Å². The number of H-pyrrole nitrogens is 1. The van der Waals surface area contributed by atoms with Crippen LogP contribution in [0.15, 0.2) is 24.3 Å². The van der Waals surface area contributed by atoms with Crippen molar-refractivity contribution in [1.82, 2.24) is 20.0 Å². The van der Waals surface area contributed by atoms with E-state index in [4.69, 9.17) is 9.84 Å². The molecule has 1 aromatic heterocycles. The maximum atomic E-state index is 12.3. The minimum Gasteiger partial charge on any atom is -0.493 e. The van der Waals surface area contributed by atoms with Crippen molar-refractivity contribution in [2.75, 3.05) is 57.9 Å². The molecule has 1 aromatic carbocycles. The minimum absolute atomic E-state index is 0.0558. The number of aliphatic hydroxyl groups is 1. The van der Waals surface area contributed by atoms with Gasteiger partial charge in [-0.3, -0.25) is 14.8 Å². The lowest BCUT2D eigenvalue weighted by atomic mass is 10.0. The fraction of sp³-hybridized carbons (Fsp3) is 0.524. The van der Waals surface area contributed by atoms with E-state index >= 15 is 0 Å². The third-order valence-electron chi connectivity index (χ3n) is 5.97. The third kappa shape index (κ3) is 4.09. The Balaban J connectivity index is 1.35. The molecule has 2 N–H and O–H groups in total. The van der Waals surface area contributed by atoms with E-state index in [0.29, 0.717) is 18.3 Å². The second kappa shape index (κ2) is 8.42. The highest BCUT2D eigenvalue weighted by atomic mass is 16.5. The first-order chi connectivity index (χ1) is 14.1. The summed E-state index contributed by atoms with van der Waals surface area (Å²) in [6.45, 7) is 6.86. The number of aliphatic hydroxyl groups excluding tert-OH is 1. The predicted octanol–water partition coefficient (Wildman–Crippen LogP) is 1.29. The molecule has 3 heterocycles. The van der Waals surface area contributed by atoms with Gasteiger partial charge in [0, 0.05) is 58.3 Å². The van der Waals surface area contributed by atoms with Gasteiger partial charge < -0.3 is 19.6 Å². The van der Waals surface area contributed by atoms with Crippen LogP contribution in [0.3, 0.4) is 0 Å². The van der Waals surface area contributed by atoms with Crippen LogP contribution in [-0.4, -0.2) is 84.0 Å². The highest BCUT2D eigenvalue weighted by Gasteiger charge is 2.25. The van der Waals surface area contributed by atoms with Gasteiger partial charge >= 0.3 is 0 Å². The number of nitrogens with zero attached hydrogens (tertiary/aromatic N) is 4. The topological polar surface area (TPSA) is 84.9 Å². The van der Waals surface area contributed by atoms with Crippen molar-refractivity contribution in [2.45, 2.75) is 19.4 Å². The Kier molecular flexibility index (Phi) is 5.73. The number of ether oxygens (including phenoxy) is 1. The molecule has 2 aliphatic heterocycles. The highest BCUT2D eigenvalue weighted by molar-refractivity contribution is 5.92. The number of fused-ring (bicyclic) bond motifs is 1. The summed E-state index contributed by atoms with van der Waals surface area (Å²) in [6.07, 6.45) is 1.01.